The van der Waals surface area contributed by atoms with Gasteiger partial charge in [-0.1, -0.05) is 12.1 Å². The standard InChI is InChI=1S/C23H21FN6/c24-12-19-11-22(27-13-15-1-3-20-17(9-15)5-7-25-20)30-23(29-19)28-14-16-2-4-21-18(10-16)6-8-26-21/h1-11,25-26H,12-14H2,(H2,27,28,29,30). The molecule has 5 rings (SSSR count). The summed E-state index contributed by atoms with van der Waals surface area (Å²) in [5.41, 5.74) is 4.77. The van der Waals surface area contributed by atoms with Crippen molar-refractivity contribution in [2.75, 3.05) is 10.6 Å². The summed E-state index contributed by atoms with van der Waals surface area (Å²) in [6, 6.07) is 18.1. The molecule has 0 spiro atoms. The minimum atomic E-state index is -0.642. The largest absolute Gasteiger partial charge is 0.366 e. The third-order valence-corrected chi connectivity index (χ3v) is 5.08. The summed E-state index contributed by atoms with van der Waals surface area (Å²) < 4.78 is 13.3. The monoisotopic (exact) mass is 400 g/mol. The number of aromatic amines is 2. The minimum absolute atomic E-state index is 0.345. The van der Waals surface area contributed by atoms with E-state index in [1.54, 1.807) is 6.07 Å². The van der Waals surface area contributed by atoms with E-state index in [9.17, 15) is 4.39 Å². The number of fused-ring (bicyclic) bond motifs is 2. The Morgan fingerprint density at radius 2 is 1.37 bits per heavy atom. The molecule has 0 amide bonds. The van der Waals surface area contributed by atoms with Crippen molar-refractivity contribution in [2.45, 2.75) is 19.8 Å². The first-order valence-corrected chi connectivity index (χ1v) is 9.80. The van der Waals surface area contributed by atoms with Crippen LogP contribution >= 0.6 is 0 Å². The van der Waals surface area contributed by atoms with E-state index in [0.717, 1.165) is 32.9 Å². The molecule has 7 heteroatoms. The van der Waals surface area contributed by atoms with Crippen molar-refractivity contribution in [2.24, 2.45) is 0 Å². The Hall–Kier alpha value is -3.87. The first-order chi connectivity index (χ1) is 14.8. The Morgan fingerprint density at radius 3 is 2.00 bits per heavy atom. The van der Waals surface area contributed by atoms with Gasteiger partial charge in [-0.25, -0.2) is 9.37 Å². The van der Waals surface area contributed by atoms with Gasteiger partial charge in [0.2, 0.25) is 5.95 Å². The van der Waals surface area contributed by atoms with Crippen LogP contribution in [-0.4, -0.2) is 19.9 Å². The lowest BCUT2D eigenvalue weighted by Gasteiger charge is -2.11. The molecule has 6 nitrogen and oxygen atoms in total. The third-order valence-electron chi connectivity index (χ3n) is 5.08. The zero-order valence-corrected chi connectivity index (χ0v) is 16.2. The Balaban J connectivity index is 1.29. The molecule has 2 aromatic carbocycles. The number of hydrogen-bond acceptors (Lipinski definition) is 4. The van der Waals surface area contributed by atoms with Crippen molar-refractivity contribution in [3.8, 4) is 0 Å². The van der Waals surface area contributed by atoms with Gasteiger partial charge in [-0.3, -0.25) is 0 Å². The molecule has 0 radical (unpaired) electrons. The van der Waals surface area contributed by atoms with Crippen LogP contribution in [0.3, 0.4) is 0 Å². The van der Waals surface area contributed by atoms with Gasteiger partial charge in [0.1, 0.15) is 12.5 Å². The van der Waals surface area contributed by atoms with Crippen molar-refractivity contribution >= 4 is 33.6 Å². The Morgan fingerprint density at radius 1 is 0.733 bits per heavy atom. The molecule has 0 saturated carbocycles. The summed E-state index contributed by atoms with van der Waals surface area (Å²) in [4.78, 5) is 15.1. The first-order valence-electron chi connectivity index (χ1n) is 9.80. The van der Waals surface area contributed by atoms with Crippen molar-refractivity contribution in [1.82, 2.24) is 19.9 Å². The van der Waals surface area contributed by atoms with Gasteiger partial charge in [-0.15, -0.1) is 0 Å². The summed E-state index contributed by atoms with van der Waals surface area (Å²) in [6.45, 7) is 0.504. The van der Waals surface area contributed by atoms with Gasteiger partial charge in [-0.05, 0) is 58.3 Å². The number of aromatic nitrogens is 4. The van der Waals surface area contributed by atoms with E-state index in [1.165, 1.54) is 0 Å². The van der Waals surface area contributed by atoms with Crippen LogP contribution in [0.4, 0.5) is 16.2 Å². The summed E-state index contributed by atoms with van der Waals surface area (Å²) in [5, 5.41) is 8.79. The highest BCUT2D eigenvalue weighted by atomic mass is 19.1. The molecule has 0 bridgehead atoms. The van der Waals surface area contributed by atoms with Crippen LogP contribution in [0.25, 0.3) is 21.8 Å². The average molecular weight is 400 g/mol. The molecule has 30 heavy (non-hydrogen) atoms. The van der Waals surface area contributed by atoms with Gasteiger partial charge < -0.3 is 20.6 Å². The normalized spacial score (nSPS) is 11.2. The van der Waals surface area contributed by atoms with Gasteiger partial charge >= 0.3 is 0 Å². The third kappa shape index (κ3) is 3.82. The van der Waals surface area contributed by atoms with Gasteiger partial charge in [0.15, 0.2) is 0 Å². The van der Waals surface area contributed by atoms with E-state index in [1.807, 2.05) is 42.7 Å². The summed E-state index contributed by atoms with van der Waals surface area (Å²) in [6.07, 6.45) is 3.84. The molecule has 0 aliphatic rings. The molecule has 4 N–H and O–H groups in total. The fourth-order valence-electron chi connectivity index (χ4n) is 3.53. The van der Waals surface area contributed by atoms with Crippen LogP contribution in [0.1, 0.15) is 16.8 Å². The molecule has 5 aromatic rings. The zero-order chi connectivity index (χ0) is 20.3. The fourth-order valence-corrected chi connectivity index (χ4v) is 3.53. The molecule has 3 heterocycles. The number of alkyl halides is 1. The maximum atomic E-state index is 13.3. The SMILES string of the molecule is FCc1cc(NCc2ccc3[nH]ccc3c2)nc(NCc2ccc3[nH]ccc3c2)n1. The molecule has 3 aromatic heterocycles. The van der Waals surface area contributed by atoms with E-state index in [0.29, 0.717) is 30.5 Å². The Labute approximate surface area is 172 Å². The number of benzene rings is 2. The summed E-state index contributed by atoms with van der Waals surface area (Å²) in [7, 11) is 0. The summed E-state index contributed by atoms with van der Waals surface area (Å²) >= 11 is 0. The molecule has 0 fully saturated rings. The van der Waals surface area contributed by atoms with Gasteiger partial charge in [0.25, 0.3) is 0 Å². The number of halogens is 1. The average Bonchev–Trinajstić information content (AvgIpc) is 3.44. The number of rotatable bonds is 7. The molecule has 0 aliphatic heterocycles. The molecule has 0 unspecified atom stereocenters. The van der Waals surface area contributed by atoms with E-state index >= 15 is 0 Å². The van der Waals surface area contributed by atoms with Crippen molar-refractivity contribution < 1.29 is 4.39 Å². The quantitative estimate of drug-likeness (QED) is 0.305. The second kappa shape index (κ2) is 7.87. The van der Waals surface area contributed by atoms with Crippen LogP contribution in [0.2, 0.25) is 0 Å². The molecule has 0 atom stereocenters. The highest BCUT2D eigenvalue weighted by Gasteiger charge is 2.06. The zero-order valence-electron chi connectivity index (χ0n) is 16.2. The van der Waals surface area contributed by atoms with Gasteiger partial charge in [0.05, 0.1) is 5.69 Å². The van der Waals surface area contributed by atoms with Crippen molar-refractivity contribution in [3.63, 3.8) is 0 Å². The molecule has 0 aliphatic carbocycles. The van der Waals surface area contributed by atoms with E-state index < -0.39 is 6.67 Å². The topological polar surface area (TPSA) is 81.4 Å². The van der Waals surface area contributed by atoms with E-state index in [2.05, 4.69) is 48.8 Å². The second-order valence-corrected chi connectivity index (χ2v) is 7.21. The lowest BCUT2D eigenvalue weighted by molar-refractivity contribution is 0.476. The van der Waals surface area contributed by atoms with Gasteiger partial charge in [-0.2, -0.15) is 4.98 Å². The van der Waals surface area contributed by atoms with E-state index in [4.69, 9.17) is 0 Å². The fraction of sp³-hybridized carbons (Fsp3) is 0.130. The first kappa shape index (κ1) is 18.2. The summed E-state index contributed by atoms with van der Waals surface area (Å²) in [5.74, 6) is 0.998. The van der Waals surface area contributed by atoms with Crippen molar-refractivity contribution in [1.29, 1.82) is 0 Å². The lowest BCUT2D eigenvalue weighted by atomic mass is 10.1. The predicted molar refractivity (Wildman–Crippen MR) is 118 cm³/mol. The number of nitrogens with zero attached hydrogens (tertiary/aromatic N) is 2. The van der Waals surface area contributed by atoms with Crippen LogP contribution in [-0.2, 0) is 19.8 Å². The number of H-pyrrole nitrogens is 2. The van der Waals surface area contributed by atoms with Crippen LogP contribution in [0.15, 0.2) is 67.0 Å². The highest BCUT2D eigenvalue weighted by molar-refractivity contribution is 5.80. The second-order valence-electron chi connectivity index (χ2n) is 7.21. The number of anilines is 2. The Bertz CT molecular complexity index is 1210. The molecular weight excluding hydrogens is 379 g/mol. The minimum Gasteiger partial charge on any atom is -0.366 e. The number of nitrogens with one attached hydrogen (secondary N) is 4. The van der Waals surface area contributed by atoms with Gasteiger partial charge in [0, 0.05) is 42.6 Å². The lowest BCUT2D eigenvalue weighted by Crippen LogP contribution is -2.08. The van der Waals surface area contributed by atoms with Crippen LogP contribution in [0.5, 0.6) is 0 Å². The molecular formula is C23H21FN6. The van der Waals surface area contributed by atoms with Crippen LogP contribution < -0.4 is 10.6 Å². The molecule has 150 valence electrons. The van der Waals surface area contributed by atoms with Crippen LogP contribution in [0, 0.1) is 0 Å². The van der Waals surface area contributed by atoms with E-state index in [-0.39, 0.29) is 0 Å². The molecule has 0 saturated heterocycles. The van der Waals surface area contributed by atoms with Crippen molar-refractivity contribution in [3.05, 3.63) is 83.8 Å². The number of hydrogen-bond donors (Lipinski definition) is 4. The smallest absolute Gasteiger partial charge is 0.225 e. The maximum Gasteiger partial charge on any atom is 0.225 e. The Kier molecular flexibility index (Phi) is 4.77. The maximum absolute atomic E-state index is 13.3. The predicted octanol–water partition coefficient (Wildman–Crippen LogP) is 5.13. The highest BCUT2D eigenvalue weighted by Crippen LogP contribution is 2.18.